The molecule has 3 fully saturated rings. The average Bonchev–Trinajstić information content (AvgIpc) is 3.42. The minimum atomic E-state index is -5.44. The van der Waals surface area contributed by atoms with Crippen LogP contribution in [0.1, 0.15) is 46.0 Å². The van der Waals surface area contributed by atoms with Gasteiger partial charge in [0.15, 0.2) is 6.10 Å². The van der Waals surface area contributed by atoms with Crippen molar-refractivity contribution in [3.05, 3.63) is 0 Å². The maximum atomic E-state index is 13.8. The summed E-state index contributed by atoms with van der Waals surface area (Å²) in [6, 6.07) is 0. The topological polar surface area (TPSA) is 97.4 Å². The first-order valence-electron chi connectivity index (χ1n) is 12.2. The van der Waals surface area contributed by atoms with E-state index in [2.05, 4.69) is 9.47 Å². The van der Waals surface area contributed by atoms with Gasteiger partial charge in [-0.1, -0.05) is 6.92 Å². The Morgan fingerprint density at radius 3 is 1.82 bits per heavy atom. The number of fused-ring (bicyclic) bond motifs is 3. The van der Waals surface area contributed by atoms with Crippen molar-refractivity contribution < 1.29 is 77.6 Å². The van der Waals surface area contributed by atoms with Crippen molar-refractivity contribution in [2.45, 2.75) is 81.8 Å². The van der Waals surface area contributed by atoms with Crippen molar-refractivity contribution in [1.82, 2.24) is 0 Å². The molecule has 230 valence electrons. The average molecular weight is 602 g/mol. The predicted octanol–water partition coefficient (Wildman–Crippen LogP) is 4.43. The maximum Gasteiger partial charge on any atom is 0.395 e. The molecule has 0 aromatic heterocycles. The highest BCUT2D eigenvalue weighted by Gasteiger charge is 2.66. The smallest absolute Gasteiger partial charge is 0.395 e. The summed E-state index contributed by atoms with van der Waals surface area (Å²) in [7, 11) is 0. The minimum Gasteiger partial charge on any atom is -0.460 e. The fraction of sp³-hybridized carbons (Fsp3) is 0.870. The van der Waals surface area contributed by atoms with Crippen molar-refractivity contribution >= 4 is 17.9 Å². The van der Waals surface area contributed by atoms with Crippen LogP contribution in [-0.4, -0.2) is 80.2 Å². The second-order valence-electron chi connectivity index (χ2n) is 10.5. The van der Waals surface area contributed by atoms with Gasteiger partial charge in [-0.3, -0.25) is 0 Å². The van der Waals surface area contributed by atoms with Crippen LogP contribution in [0.3, 0.4) is 0 Å². The van der Waals surface area contributed by atoms with E-state index in [0.717, 1.165) is 6.92 Å². The predicted molar refractivity (Wildman–Crippen MR) is 111 cm³/mol. The van der Waals surface area contributed by atoms with Gasteiger partial charge in [0.2, 0.25) is 5.79 Å². The fourth-order valence-electron chi connectivity index (χ4n) is 4.95. The molecule has 8 nitrogen and oxygen atoms in total. The molecule has 2 bridgehead atoms. The highest BCUT2D eigenvalue weighted by atomic mass is 19.4. The van der Waals surface area contributed by atoms with Crippen LogP contribution in [0.15, 0.2) is 0 Å². The highest BCUT2D eigenvalue weighted by Crippen LogP contribution is 2.57. The largest absolute Gasteiger partial charge is 0.460 e. The zero-order chi connectivity index (χ0) is 30.4. The third-order valence-electron chi connectivity index (χ3n) is 7.15. The Bertz CT molecular complexity index is 970. The number of hydrogen-bond donors (Lipinski definition) is 0. The number of carbonyl (C=O) groups is 3. The summed E-state index contributed by atoms with van der Waals surface area (Å²) in [6.45, 7) is -2.49. The van der Waals surface area contributed by atoms with Crippen LogP contribution in [0.4, 0.5) is 39.5 Å². The monoisotopic (exact) mass is 602 g/mol. The lowest BCUT2D eigenvalue weighted by molar-refractivity contribution is -0.361. The van der Waals surface area contributed by atoms with Gasteiger partial charge in [-0.25, -0.2) is 14.4 Å². The summed E-state index contributed by atoms with van der Waals surface area (Å²) in [5.74, 6) is -22.1. The number of halogens is 9. The lowest BCUT2D eigenvalue weighted by Crippen LogP contribution is -2.62. The van der Waals surface area contributed by atoms with Crippen molar-refractivity contribution in [2.24, 2.45) is 17.3 Å². The minimum absolute atomic E-state index is 0.312. The van der Waals surface area contributed by atoms with E-state index in [9.17, 15) is 53.9 Å². The van der Waals surface area contributed by atoms with Gasteiger partial charge in [0, 0.05) is 25.2 Å². The molecule has 1 saturated heterocycles. The quantitative estimate of drug-likeness (QED) is 0.206. The second-order valence-corrected chi connectivity index (χ2v) is 10.5. The number of rotatable bonds is 10. The molecule has 2 aliphatic carbocycles. The Hall–Kier alpha value is -2.30. The Balaban J connectivity index is 1.80. The van der Waals surface area contributed by atoms with E-state index in [1.165, 1.54) is 0 Å². The van der Waals surface area contributed by atoms with Gasteiger partial charge in [-0.15, -0.1) is 0 Å². The van der Waals surface area contributed by atoms with E-state index in [4.69, 9.17) is 14.2 Å². The molecule has 3 aliphatic rings. The molecule has 17 heteroatoms. The summed E-state index contributed by atoms with van der Waals surface area (Å²) in [6.07, 6.45) is -9.33. The summed E-state index contributed by atoms with van der Waals surface area (Å²) in [5.41, 5.74) is -1.97. The van der Waals surface area contributed by atoms with Crippen molar-refractivity contribution in [3.63, 3.8) is 0 Å². The molecule has 2 saturated carbocycles. The van der Waals surface area contributed by atoms with Gasteiger partial charge in [-0.2, -0.15) is 39.5 Å². The van der Waals surface area contributed by atoms with Crippen LogP contribution >= 0.6 is 0 Å². The van der Waals surface area contributed by atoms with Crippen molar-refractivity contribution in [3.8, 4) is 0 Å². The molecule has 40 heavy (non-hydrogen) atoms. The Labute approximate surface area is 221 Å². The zero-order valence-electron chi connectivity index (χ0n) is 21.3. The molecule has 0 radical (unpaired) electrons. The molecule has 1 spiro atoms. The Morgan fingerprint density at radius 1 is 0.825 bits per heavy atom. The molecule has 1 heterocycles. The molecule has 3 unspecified atom stereocenters. The molecular weight excluding hydrogens is 575 g/mol. The summed E-state index contributed by atoms with van der Waals surface area (Å²) < 4.78 is 145. The van der Waals surface area contributed by atoms with E-state index in [1.54, 1.807) is 0 Å². The first kappa shape index (κ1) is 32.2. The summed E-state index contributed by atoms with van der Waals surface area (Å²) >= 11 is 0. The standard InChI is InChI=1S/C23H27F9O8/c1-3-20(26,27)16(34)36-8-19(9-37-17(35)21(28,29)7-22(30,31)32)10-38-23(39-11-19)13-5-4-12(6-13)14(23)40-15(33)18(2,24)25/h12-14H,3-11H2,1-2H3. The van der Waals surface area contributed by atoms with E-state index in [-0.39, 0.29) is 0 Å². The van der Waals surface area contributed by atoms with Crippen LogP contribution in [-0.2, 0) is 38.1 Å². The second kappa shape index (κ2) is 10.8. The van der Waals surface area contributed by atoms with Crippen LogP contribution in [0.25, 0.3) is 0 Å². The Kier molecular flexibility index (Phi) is 8.73. The number of hydrogen-bond acceptors (Lipinski definition) is 8. The number of esters is 3. The normalized spacial score (nSPS) is 30.8. The Morgan fingerprint density at radius 2 is 1.35 bits per heavy atom. The van der Waals surface area contributed by atoms with Crippen LogP contribution in [0.5, 0.6) is 0 Å². The van der Waals surface area contributed by atoms with Gasteiger partial charge >= 0.3 is 41.9 Å². The molecule has 0 aromatic carbocycles. The zero-order valence-corrected chi connectivity index (χ0v) is 21.3. The van der Waals surface area contributed by atoms with E-state index in [1.807, 2.05) is 0 Å². The van der Waals surface area contributed by atoms with Crippen LogP contribution in [0, 0.1) is 17.3 Å². The van der Waals surface area contributed by atoms with Crippen LogP contribution < -0.4 is 0 Å². The SMILES string of the molecule is CCC(F)(F)C(=O)OCC1(COC(=O)C(F)(F)CC(F)(F)F)COC2(OC1)C1CCC(C1)C2OC(=O)C(C)(F)F. The van der Waals surface area contributed by atoms with Gasteiger partial charge in [-0.05, 0) is 19.3 Å². The molecule has 0 aromatic rings. The van der Waals surface area contributed by atoms with E-state index < -0.39 is 110 Å². The molecule has 3 rings (SSSR count). The molecule has 0 N–H and O–H groups in total. The van der Waals surface area contributed by atoms with E-state index >= 15 is 0 Å². The first-order chi connectivity index (χ1) is 18.2. The molecule has 0 amide bonds. The third-order valence-corrected chi connectivity index (χ3v) is 7.15. The van der Waals surface area contributed by atoms with Crippen molar-refractivity contribution in [1.29, 1.82) is 0 Å². The number of ether oxygens (including phenoxy) is 5. The van der Waals surface area contributed by atoms with E-state index in [0.29, 0.717) is 26.2 Å². The van der Waals surface area contributed by atoms with Crippen molar-refractivity contribution in [2.75, 3.05) is 26.4 Å². The van der Waals surface area contributed by atoms with Gasteiger partial charge in [0.05, 0.1) is 18.6 Å². The summed E-state index contributed by atoms with van der Waals surface area (Å²) in [5, 5.41) is 0. The van der Waals surface area contributed by atoms with Crippen LogP contribution in [0.2, 0.25) is 0 Å². The first-order valence-corrected chi connectivity index (χ1v) is 12.2. The molecular formula is C23H27F9O8. The fourth-order valence-corrected chi connectivity index (χ4v) is 4.95. The number of carbonyl (C=O) groups excluding carboxylic acids is 3. The lowest BCUT2D eigenvalue weighted by atomic mass is 9.86. The van der Waals surface area contributed by atoms with Gasteiger partial charge in [0.1, 0.15) is 19.6 Å². The molecule has 3 atom stereocenters. The van der Waals surface area contributed by atoms with Gasteiger partial charge < -0.3 is 23.7 Å². The molecule has 1 aliphatic heterocycles. The van der Waals surface area contributed by atoms with Gasteiger partial charge in [0.25, 0.3) is 0 Å². The maximum absolute atomic E-state index is 13.8. The third kappa shape index (κ3) is 6.77. The summed E-state index contributed by atoms with van der Waals surface area (Å²) in [4.78, 5) is 35.5. The highest BCUT2D eigenvalue weighted by molar-refractivity contribution is 5.78. The lowest BCUT2D eigenvalue weighted by Gasteiger charge is -2.50. The number of alkyl halides is 9.